The standard InChI is InChI=1S/C24H38N4O6/c1-14(2)18(26-21(31)19(25-15(3)29)16-8-5-4-6-9-16)22(32)28-13-7-10-17(28)20(30)27-24(11-12-24)23(33)34/h14,16-19H,4-13H2,1-3H3,(H,25,29)(H,26,31)(H,27,30)(H,33,34). The number of nitrogens with one attached hydrogen (secondary N) is 3. The van der Waals surface area contributed by atoms with Crippen LogP contribution in [0.4, 0.5) is 0 Å². The van der Waals surface area contributed by atoms with E-state index in [-0.39, 0.29) is 29.6 Å². The molecule has 3 unspecified atom stereocenters. The minimum atomic E-state index is -1.22. The van der Waals surface area contributed by atoms with Crippen LogP contribution in [0.3, 0.4) is 0 Å². The van der Waals surface area contributed by atoms with Crippen LogP contribution in [0.2, 0.25) is 0 Å². The van der Waals surface area contributed by atoms with Crippen molar-refractivity contribution in [2.45, 2.75) is 102 Å². The largest absolute Gasteiger partial charge is 0.480 e. The average molecular weight is 479 g/mol. The number of hydrogen-bond acceptors (Lipinski definition) is 5. The predicted molar refractivity (Wildman–Crippen MR) is 123 cm³/mol. The maximum absolute atomic E-state index is 13.5. The number of amides is 4. The molecule has 3 rings (SSSR count). The van der Waals surface area contributed by atoms with Crippen molar-refractivity contribution in [1.82, 2.24) is 20.9 Å². The van der Waals surface area contributed by atoms with E-state index in [4.69, 9.17) is 0 Å². The maximum atomic E-state index is 13.5. The normalized spacial score (nSPS) is 23.6. The molecular weight excluding hydrogens is 440 g/mol. The molecule has 3 atom stereocenters. The van der Waals surface area contributed by atoms with Gasteiger partial charge in [0.1, 0.15) is 23.7 Å². The molecule has 190 valence electrons. The number of aliphatic carboxylic acids is 1. The van der Waals surface area contributed by atoms with Crippen molar-refractivity contribution in [1.29, 1.82) is 0 Å². The number of rotatable bonds is 9. The van der Waals surface area contributed by atoms with Gasteiger partial charge in [0, 0.05) is 13.5 Å². The minimum absolute atomic E-state index is 0.0247. The molecule has 0 radical (unpaired) electrons. The van der Waals surface area contributed by atoms with E-state index in [0.717, 1.165) is 32.1 Å². The summed E-state index contributed by atoms with van der Waals surface area (Å²) in [5, 5.41) is 17.6. The SMILES string of the molecule is CC(=O)NC(C(=O)NC(C(=O)N1CCCC1C(=O)NC1(C(=O)O)CC1)C(C)C)C1CCCCC1. The van der Waals surface area contributed by atoms with Crippen LogP contribution in [0.25, 0.3) is 0 Å². The second-order valence-electron chi connectivity index (χ2n) is 10.4. The van der Waals surface area contributed by atoms with Crippen molar-refractivity contribution in [3.05, 3.63) is 0 Å². The molecule has 10 nitrogen and oxygen atoms in total. The van der Waals surface area contributed by atoms with Crippen molar-refractivity contribution in [3.8, 4) is 0 Å². The fraction of sp³-hybridized carbons (Fsp3) is 0.792. The van der Waals surface area contributed by atoms with Crippen LogP contribution in [0.1, 0.15) is 78.6 Å². The molecule has 2 saturated carbocycles. The zero-order valence-corrected chi connectivity index (χ0v) is 20.4. The van der Waals surface area contributed by atoms with Crippen LogP contribution in [-0.4, -0.2) is 69.8 Å². The van der Waals surface area contributed by atoms with E-state index in [1.165, 1.54) is 11.8 Å². The van der Waals surface area contributed by atoms with E-state index in [0.29, 0.717) is 32.2 Å². The highest BCUT2D eigenvalue weighted by Crippen LogP contribution is 2.36. The summed E-state index contributed by atoms with van der Waals surface area (Å²) in [7, 11) is 0. The highest BCUT2D eigenvalue weighted by molar-refractivity contribution is 5.96. The van der Waals surface area contributed by atoms with Gasteiger partial charge in [-0.1, -0.05) is 33.1 Å². The fourth-order valence-corrected chi connectivity index (χ4v) is 5.16. The second kappa shape index (κ2) is 10.7. The molecule has 4 amide bonds. The molecule has 0 aromatic heterocycles. The summed E-state index contributed by atoms with van der Waals surface area (Å²) in [6.45, 7) is 5.40. The third-order valence-corrected chi connectivity index (χ3v) is 7.35. The van der Waals surface area contributed by atoms with Crippen LogP contribution in [0.15, 0.2) is 0 Å². The Bertz CT molecular complexity index is 818. The number of carbonyl (C=O) groups is 5. The molecule has 0 spiro atoms. The number of likely N-dealkylation sites (tertiary alicyclic amines) is 1. The van der Waals surface area contributed by atoms with Gasteiger partial charge in [-0.25, -0.2) is 4.79 Å². The number of nitrogens with zero attached hydrogens (tertiary/aromatic N) is 1. The topological polar surface area (TPSA) is 145 Å². The van der Waals surface area contributed by atoms with Crippen molar-refractivity contribution in [3.63, 3.8) is 0 Å². The Hall–Kier alpha value is -2.65. The lowest BCUT2D eigenvalue weighted by molar-refractivity contribution is -0.146. The predicted octanol–water partition coefficient (Wildman–Crippen LogP) is 0.937. The number of hydrogen-bond donors (Lipinski definition) is 4. The van der Waals surface area contributed by atoms with Crippen LogP contribution in [0, 0.1) is 11.8 Å². The van der Waals surface area contributed by atoms with E-state index >= 15 is 0 Å². The average Bonchev–Trinajstić information content (AvgIpc) is 3.40. The lowest BCUT2D eigenvalue weighted by Gasteiger charge is -2.34. The molecule has 0 aromatic rings. The number of carboxylic acid groups (broad SMARTS) is 1. The monoisotopic (exact) mass is 478 g/mol. The third-order valence-electron chi connectivity index (χ3n) is 7.35. The van der Waals surface area contributed by atoms with E-state index in [9.17, 15) is 29.1 Å². The van der Waals surface area contributed by atoms with Gasteiger partial charge in [0.15, 0.2) is 0 Å². The van der Waals surface area contributed by atoms with Crippen LogP contribution in [-0.2, 0) is 24.0 Å². The molecule has 4 N–H and O–H groups in total. The molecule has 0 bridgehead atoms. The van der Waals surface area contributed by atoms with Gasteiger partial charge >= 0.3 is 5.97 Å². The van der Waals surface area contributed by atoms with Crippen molar-refractivity contribution in [2.24, 2.45) is 11.8 Å². The Morgan fingerprint density at radius 1 is 0.941 bits per heavy atom. The number of carboxylic acids is 1. The summed E-state index contributed by atoms with van der Waals surface area (Å²) >= 11 is 0. The van der Waals surface area contributed by atoms with Gasteiger partial charge in [-0.2, -0.15) is 0 Å². The summed E-state index contributed by atoms with van der Waals surface area (Å²) in [6, 6.07) is -2.31. The molecule has 3 fully saturated rings. The third kappa shape index (κ3) is 5.88. The summed E-state index contributed by atoms with van der Waals surface area (Å²) in [5.74, 6) is -2.75. The van der Waals surface area contributed by atoms with E-state index in [2.05, 4.69) is 16.0 Å². The summed E-state index contributed by atoms with van der Waals surface area (Å²) in [4.78, 5) is 64.4. The summed E-state index contributed by atoms with van der Waals surface area (Å²) in [6.07, 6.45) is 6.64. The molecule has 10 heteroatoms. The van der Waals surface area contributed by atoms with E-state index in [1.807, 2.05) is 13.8 Å². The quantitative estimate of drug-likeness (QED) is 0.388. The van der Waals surface area contributed by atoms with Gasteiger partial charge in [0.2, 0.25) is 23.6 Å². The molecule has 3 aliphatic rings. The zero-order chi connectivity index (χ0) is 25.0. The lowest BCUT2D eigenvalue weighted by Crippen LogP contribution is -2.60. The Morgan fingerprint density at radius 2 is 1.59 bits per heavy atom. The van der Waals surface area contributed by atoms with E-state index < -0.39 is 35.5 Å². The maximum Gasteiger partial charge on any atom is 0.329 e. The van der Waals surface area contributed by atoms with E-state index in [1.54, 1.807) is 0 Å². The molecule has 0 aromatic carbocycles. The lowest BCUT2D eigenvalue weighted by atomic mass is 9.83. The summed E-state index contributed by atoms with van der Waals surface area (Å²) in [5.41, 5.74) is -1.22. The minimum Gasteiger partial charge on any atom is -0.480 e. The first-order valence-corrected chi connectivity index (χ1v) is 12.5. The first-order valence-electron chi connectivity index (χ1n) is 12.5. The second-order valence-corrected chi connectivity index (χ2v) is 10.4. The summed E-state index contributed by atoms with van der Waals surface area (Å²) < 4.78 is 0. The smallest absolute Gasteiger partial charge is 0.329 e. The number of carbonyl (C=O) groups excluding carboxylic acids is 4. The molecule has 2 aliphatic carbocycles. The molecular formula is C24H38N4O6. The van der Waals surface area contributed by atoms with Gasteiger partial charge in [-0.3, -0.25) is 19.2 Å². The van der Waals surface area contributed by atoms with Crippen molar-refractivity contribution in [2.75, 3.05) is 6.54 Å². The zero-order valence-electron chi connectivity index (χ0n) is 20.4. The Balaban J connectivity index is 1.70. The van der Waals surface area contributed by atoms with Crippen molar-refractivity contribution >= 4 is 29.6 Å². The van der Waals surface area contributed by atoms with Crippen LogP contribution in [0.5, 0.6) is 0 Å². The fourth-order valence-electron chi connectivity index (χ4n) is 5.16. The molecule has 1 aliphatic heterocycles. The van der Waals surface area contributed by atoms with Gasteiger partial charge < -0.3 is 26.0 Å². The Labute approximate surface area is 200 Å². The van der Waals surface area contributed by atoms with Crippen LogP contribution >= 0.6 is 0 Å². The van der Waals surface area contributed by atoms with Gasteiger partial charge in [0.05, 0.1) is 0 Å². The molecule has 34 heavy (non-hydrogen) atoms. The first kappa shape index (κ1) is 26.0. The highest BCUT2D eigenvalue weighted by Gasteiger charge is 2.53. The Kier molecular flexibility index (Phi) is 8.20. The van der Waals surface area contributed by atoms with Gasteiger partial charge in [0.25, 0.3) is 0 Å². The van der Waals surface area contributed by atoms with Crippen LogP contribution < -0.4 is 16.0 Å². The van der Waals surface area contributed by atoms with Gasteiger partial charge in [-0.15, -0.1) is 0 Å². The molecule has 1 heterocycles. The Morgan fingerprint density at radius 3 is 2.12 bits per heavy atom. The van der Waals surface area contributed by atoms with Crippen molar-refractivity contribution < 1.29 is 29.1 Å². The van der Waals surface area contributed by atoms with Gasteiger partial charge in [-0.05, 0) is 50.4 Å². The molecule has 1 saturated heterocycles. The first-order chi connectivity index (χ1) is 16.1. The highest BCUT2D eigenvalue weighted by atomic mass is 16.4.